The van der Waals surface area contributed by atoms with Crippen LogP contribution in [0.1, 0.15) is 66.2 Å². The lowest BCUT2D eigenvalue weighted by atomic mass is 9.46. The van der Waals surface area contributed by atoms with Gasteiger partial charge in [-0.3, -0.25) is 0 Å². The first kappa shape index (κ1) is 18.3. The molecule has 0 amide bonds. The topological polar surface area (TPSA) is 57.5 Å². The molecule has 2 fully saturated rings. The minimum Gasteiger partial charge on any atom is -0.478 e. The molecule has 2 N–H and O–H groups in total. The Morgan fingerprint density at radius 3 is 2.61 bits per heavy atom. The summed E-state index contributed by atoms with van der Waals surface area (Å²) in [5.41, 5.74) is 2.42. The lowest BCUT2D eigenvalue weighted by Crippen LogP contribution is -2.53. The van der Waals surface area contributed by atoms with Crippen LogP contribution in [-0.2, 0) is 4.79 Å². The minimum atomic E-state index is -0.872. The lowest BCUT2D eigenvalue weighted by Gasteiger charge is -2.59. The molecule has 0 spiro atoms. The highest BCUT2D eigenvalue weighted by Gasteiger charge is 2.54. The molecule has 4 atom stereocenters. The van der Waals surface area contributed by atoms with Crippen molar-refractivity contribution in [3.05, 3.63) is 23.8 Å². The molecule has 0 aromatic rings. The summed E-state index contributed by atoms with van der Waals surface area (Å²) in [5.74, 6) is 0.0913. The Labute approximate surface area is 140 Å². The Hall–Kier alpha value is -1.09. The van der Waals surface area contributed by atoms with Crippen molar-refractivity contribution in [2.45, 2.75) is 72.3 Å². The Morgan fingerprint density at radius 2 is 2.00 bits per heavy atom. The van der Waals surface area contributed by atoms with E-state index in [0.717, 1.165) is 44.1 Å². The molecule has 0 aromatic carbocycles. The summed E-state index contributed by atoms with van der Waals surface area (Å²) in [4.78, 5) is 10.8. The first-order valence-electron chi connectivity index (χ1n) is 8.82. The molecule has 23 heavy (non-hydrogen) atoms. The fourth-order valence-electron chi connectivity index (χ4n) is 5.63. The molecule has 3 nitrogen and oxygen atoms in total. The van der Waals surface area contributed by atoms with Crippen LogP contribution < -0.4 is 0 Å². The highest BCUT2D eigenvalue weighted by molar-refractivity contribution is 5.80. The van der Waals surface area contributed by atoms with Gasteiger partial charge in [0.25, 0.3) is 0 Å². The van der Waals surface area contributed by atoms with E-state index in [-0.39, 0.29) is 16.9 Å². The molecule has 0 saturated heterocycles. The van der Waals surface area contributed by atoms with Crippen molar-refractivity contribution >= 4 is 5.97 Å². The number of fused-ring (bicyclic) bond motifs is 1. The van der Waals surface area contributed by atoms with Crippen molar-refractivity contribution < 1.29 is 15.0 Å². The predicted molar refractivity (Wildman–Crippen MR) is 93.1 cm³/mol. The first-order valence-corrected chi connectivity index (χ1v) is 8.82. The molecule has 0 aliphatic heterocycles. The molecule has 2 aliphatic carbocycles. The van der Waals surface area contributed by atoms with Crippen LogP contribution in [0.3, 0.4) is 0 Å². The summed E-state index contributed by atoms with van der Waals surface area (Å²) in [6, 6.07) is 0. The average molecular weight is 320 g/mol. The zero-order chi connectivity index (χ0) is 17.4. The number of aliphatic carboxylic acids is 1. The maximum absolute atomic E-state index is 10.8. The Balaban J connectivity index is 2.22. The molecular formula is C20H32O3. The molecular weight excluding hydrogens is 288 g/mol. The van der Waals surface area contributed by atoms with Crippen molar-refractivity contribution in [3.63, 3.8) is 0 Å². The number of carboxylic acid groups (broad SMARTS) is 1. The molecule has 0 heterocycles. The zero-order valence-electron chi connectivity index (χ0n) is 15.1. The molecule has 0 unspecified atom stereocenters. The van der Waals surface area contributed by atoms with E-state index in [1.54, 1.807) is 0 Å². The smallest absolute Gasteiger partial charge is 0.328 e. The van der Waals surface area contributed by atoms with Gasteiger partial charge in [-0.15, -0.1) is 0 Å². The number of carboxylic acids is 1. The van der Waals surface area contributed by atoms with Gasteiger partial charge in [-0.05, 0) is 68.1 Å². The third-order valence-electron chi connectivity index (χ3n) is 6.42. The van der Waals surface area contributed by atoms with Crippen LogP contribution in [0, 0.1) is 22.7 Å². The van der Waals surface area contributed by atoms with Crippen LogP contribution in [0.2, 0.25) is 0 Å². The number of rotatable bonds is 4. The van der Waals surface area contributed by atoms with Crippen LogP contribution in [0.4, 0.5) is 0 Å². The monoisotopic (exact) mass is 320 g/mol. The van der Waals surface area contributed by atoms with Gasteiger partial charge in [-0.25, -0.2) is 4.79 Å². The summed E-state index contributed by atoms with van der Waals surface area (Å²) >= 11 is 0. The zero-order valence-corrected chi connectivity index (χ0v) is 15.1. The standard InChI is InChI=1S/C20H32O3/c1-13(10-18(22)23)6-8-16-14(2)7-9-17-19(3,4)11-15(21)12-20(16,17)5/h10,15-17,21H,2,6-9,11-12H2,1,3-5H3,(H,22,23)/b13-10+/t15-,16+,17+,20-/m1/s1. The predicted octanol–water partition coefficient (Wildman–Crippen LogP) is 4.57. The van der Waals surface area contributed by atoms with Gasteiger partial charge in [0.05, 0.1) is 6.10 Å². The van der Waals surface area contributed by atoms with Gasteiger partial charge in [0.15, 0.2) is 0 Å². The molecule has 0 bridgehead atoms. The number of aliphatic hydroxyl groups excluding tert-OH is 1. The Morgan fingerprint density at radius 1 is 1.35 bits per heavy atom. The lowest BCUT2D eigenvalue weighted by molar-refractivity contribution is -0.131. The van der Waals surface area contributed by atoms with Crippen molar-refractivity contribution in [2.24, 2.45) is 22.7 Å². The van der Waals surface area contributed by atoms with E-state index in [9.17, 15) is 9.90 Å². The largest absolute Gasteiger partial charge is 0.478 e. The molecule has 2 saturated carbocycles. The number of carbonyl (C=O) groups is 1. The van der Waals surface area contributed by atoms with Gasteiger partial charge < -0.3 is 10.2 Å². The molecule has 0 radical (unpaired) electrons. The van der Waals surface area contributed by atoms with Crippen molar-refractivity contribution in [1.82, 2.24) is 0 Å². The SMILES string of the molecule is C=C1CC[C@H]2C(C)(C)C[C@@H](O)C[C@]2(C)[C@H]1CC/C(C)=C/C(=O)O. The highest BCUT2D eigenvalue weighted by Crippen LogP contribution is 2.61. The molecule has 0 aromatic heterocycles. The van der Waals surface area contributed by atoms with E-state index in [1.807, 2.05) is 6.92 Å². The van der Waals surface area contributed by atoms with Crippen LogP contribution in [-0.4, -0.2) is 22.3 Å². The second kappa shape index (κ2) is 6.43. The van der Waals surface area contributed by atoms with Crippen LogP contribution in [0.5, 0.6) is 0 Å². The third-order valence-corrected chi connectivity index (χ3v) is 6.42. The van der Waals surface area contributed by atoms with E-state index in [1.165, 1.54) is 11.6 Å². The van der Waals surface area contributed by atoms with Gasteiger partial charge in [-0.1, -0.05) is 38.5 Å². The van der Waals surface area contributed by atoms with Crippen molar-refractivity contribution in [2.75, 3.05) is 0 Å². The third kappa shape index (κ3) is 3.71. The highest BCUT2D eigenvalue weighted by atomic mass is 16.4. The second-order valence-corrected chi connectivity index (χ2v) is 8.73. The van der Waals surface area contributed by atoms with Crippen LogP contribution in [0.15, 0.2) is 23.8 Å². The number of aliphatic hydroxyl groups is 1. The second-order valence-electron chi connectivity index (χ2n) is 8.73. The Bertz CT molecular complexity index is 517. The van der Waals surface area contributed by atoms with Gasteiger partial charge >= 0.3 is 5.97 Å². The molecule has 2 rings (SSSR count). The van der Waals surface area contributed by atoms with Gasteiger partial charge in [0.2, 0.25) is 0 Å². The summed E-state index contributed by atoms with van der Waals surface area (Å²) < 4.78 is 0. The van der Waals surface area contributed by atoms with E-state index in [4.69, 9.17) is 5.11 Å². The van der Waals surface area contributed by atoms with E-state index in [0.29, 0.717) is 11.8 Å². The van der Waals surface area contributed by atoms with Gasteiger partial charge in [0, 0.05) is 6.08 Å². The average Bonchev–Trinajstić information content (AvgIpc) is 2.34. The number of hydrogen-bond acceptors (Lipinski definition) is 2. The molecule has 130 valence electrons. The van der Waals surface area contributed by atoms with Gasteiger partial charge in [0.1, 0.15) is 0 Å². The van der Waals surface area contributed by atoms with Crippen LogP contribution >= 0.6 is 0 Å². The Kier molecular flexibility index (Phi) is 5.10. The van der Waals surface area contributed by atoms with Crippen molar-refractivity contribution in [1.29, 1.82) is 0 Å². The fourth-order valence-corrected chi connectivity index (χ4v) is 5.63. The van der Waals surface area contributed by atoms with Crippen molar-refractivity contribution in [3.8, 4) is 0 Å². The first-order chi connectivity index (χ1) is 10.6. The molecule has 3 heteroatoms. The summed E-state index contributed by atoms with van der Waals surface area (Å²) in [7, 11) is 0. The van der Waals surface area contributed by atoms with Crippen LogP contribution in [0.25, 0.3) is 0 Å². The molecule has 2 aliphatic rings. The summed E-state index contributed by atoms with van der Waals surface area (Å²) in [5, 5.41) is 19.3. The van der Waals surface area contributed by atoms with Gasteiger partial charge in [-0.2, -0.15) is 0 Å². The summed E-state index contributed by atoms with van der Waals surface area (Å²) in [6.07, 6.45) is 6.73. The number of allylic oxidation sites excluding steroid dienone is 2. The number of hydrogen-bond donors (Lipinski definition) is 2. The summed E-state index contributed by atoms with van der Waals surface area (Å²) in [6.45, 7) is 13.1. The maximum Gasteiger partial charge on any atom is 0.328 e. The van der Waals surface area contributed by atoms with E-state index >= 15 is 0 Å². The fraction of sp³-hybridized carbons (Fsp3) is 0.750. The minimum absolute atomic E-state index is 0.0694. The quantitative estimate of drug-likeness (QED) is 0.589. The maximum atomic E-state index is 10.8. The van der Waals surface area contributed by atoms with E-state index < -0.39 is 5.97 Å². The normalized spacial score (nSPS) is 37.3. The van der Waals surface area contributed by atoms with E-state index in [2.05, 4.69) is 27.4 Å².